The van der Waals surface area contributed by atoms with Gasteiger partial charge in [0.15, 0.2) is 0 Å². The first-order valence-electron chi connectivity index (χ1n) is 6.39. The van der Waals surface area contributed by atoms with Gasteiger partial charge in [0.1, 0.15) is 5.54 Å². The number of nitrogens with one attached hydrogen (secondary N) is 1. The third-order valence-electron chi connectivity index (χ3n) is 3.07. The molecular weight excluding hydrogens is 198 g/mol. The number of rotatable bonds is 8. The molecule has 1 N–H and O–H groups in total. The highest BCUT2D eigenvalue weighted by Crippen LogP contribution is 2.09. The second-order valence-corrected chi connectivity index (χ2v) is 4.82. The minimum atomic E-state index is -0.418. The molecule has 0 aromatic carbocycles. The van der Waals surface area contributed by atoms with Crippen molar-refractivity contribution >= 4 is 0 Å². The number of nitriles is 1. The van der Waals surface area contributed by atoms with Crippen molar-refractivity contribution < 1.29 is 0 Å². The third-order valence-corrected chi connectivity index (χ3v) is 3.07. The van der Waals surface area contributed by atoms with Gasteiger partial charge in [0.05, 0.1) is 6.07 Å². The quantitative estimate of drug-likeness (QED) is 0.688. The van der Waals surface area contributed by atoms with Crippen LogP contribution in [-0.4, -0.2) is 36.6 Å². The first kappa shape index (κ1) is 15.4. The molecular formula is C13H27N3. The van der Waals surface area contributed by atoms with E-state index in [9.17, 15) is 5.26 Å². The highest BCUT2D eigenvalue weighted by atomic mass is 15.2. The van der Waals surface area contributed by atoms with Crippen LogP contribution in [0.1, 0.15) is 41.0 Å². The predicted octanol–water partition coefficient (Wildman–Crippen LogP) is 2.25. The molecule has 3 heteroatoms. The van der Waals surface area contributed by atoms with Gasteiger partial charge in [0.25, 0.3) is 0 Å². The van der Waals surface area contributed by atoms with Crippen LogP contribution in [0.2, 0.25) is 0 Å². The maximum Gasteiger partial charge on any atom is 0.116 e. The Balaban J connectivity index is 4.34. The summed E-state index contributed by atoms with van der Waals surface area (Å²) in [6.07, 6.45) is 1.20. The Labute approximate surface area is 101 Å². The zero-order valence-electron chi connectivity index (χ0n) is 11.5. The predicted molar refractivity (Wildman–Crippen MR) is 69.3 cm³/mol. The minimum Gasteiger partial charge on any atom is -0.300 e. The van der Waals surface area contributed by atoms with E-state index in [1.54, 1.807) is 0 Å². The second kappa shape index (κ2) is 7.65. The molecule has 0 aliphatic carbocycles. The van der Waals surface area contributed by atoms with Crippen LogP contribution in [-0.2, 0) is 0 Å². The topological polar surface area (TPSA) is 39.1 Å². The van der Waals surface area contributed by atoms with Gasteiger partial charge in [-0.05, 0) is 25.9 Å². The molecule has 0 saturated carbocycles. The lowest BCUT2D eigenvalue weighted by Crippen LogP contribution is -2.51. The molecule has 0 saturated heterocycles. The van der Waals surface area contributed by atoms with Crippen molar-refractivity contribution in [3.8, 4) is 6.07 Å². The summed E-state index contributed by atoms with van der Waals surface area (Å²) >= 11 is 0. The van der Waals surface area contributed by atoms with Gasteiger partial charge < -0.3 is 4.90 Å². The lowest BCUT2D eigenvalue weighted by atomic mass is 10.0. The summed E-state index contributed by atoms with van der Waals surface area (Å²) in [4.78, 5) is 2.36. The van der Waals surface area contributed by atoms with Crippen molar-refractivity contribution in [2.24, 2.45) is 5.92 Å². The maximum atomic E-state index is 9.21. The molecule has 0 fully saturated rings. The number of hydrogen-bond acceptors (Lipinski definition) is 3. The normalized spacial score (nSPS) is 16.8. The summed E-state index contributed by atoms with van der Waals surface area (Å²) in [5.41, 5.74) is -0.418. The molecule has 0 radical (unpaired) electrons. The van der Waals surface area contributed by atoms with Crippen LogP contribution in [0.3, 0.4) is 0 Å². The second-order valence-electron chi connectivity index (χ2n) is 4.82. The molecule has 0 rings (SSSR count). The van der Waals surface area contributed by atoms with Gasteiger partial charge in [0.2, 0.25) is 0 Å². The highest BCUT2D eigenvalue weighted by Gasteiger charge is 2.25. The third kappa shape index (κ3) is 5.48. The first-order valence-corrected chi connectivity index (χ1v) is 6.39. The summed E-state index contributed by atoms with van der Waals surface area (Å²) in [6, 6.07) is 2.38. The molecule has 2 atom stereocenters. The fourth-order valence-electron chi connectivity index (χ4n) is 1.84. The maximum absolute atomic E-state index is 9.21. The van der Waals surface area contributed by atoms with Gasteiger partial charge in [-0.1, -0.05) is 34.1 Å². The van der Waals surface area contributed by atoms with Crippen molar-refractivity contribution in [1.82, 2.24) is 10.2 Å². The van der Waals surface area contributed by atoms with Gasteiger partial charge in [-0.15, -0.1) is 0 Å². The van der Waals surface area contributed by atoms with E-state index in [0.29, 0.717) is 5.92 Å². The van der Waals surface area contributed by atoms with Crippen molar-refractivity contribution in [2.75, 3.05) is 26.2 Å². The van der Waals surface area contributed by atoms with Crippen LogP contribution >= 0.6 is 0 Å². The Kier molecular flexibility index (Phi) is 7.36. The molecule has 16 heavy (non-hydrogen) atoms. The van der Waals surface area contributed by atoms with Crippen LogP contribution in [0.25, 0.3) is 0 Å². The summed E-state index contributed by atoms with van der Waals surface area (Å²) in [5.74, 6) is 0.699. The molecule has 0 aromatic rings. The lowest BCUT2D eigenvalue weighted by molar-refractivity contribution is 0.202. The molecule has 0 heterocycles. The Bertz CT molecular complexity index is 222. The summed E-state index contributed by atoms with van der Waals surface area (Å²) < 4.78 is 0. The number of likely N-dealkylation sites (N-methyl/N-ethyl adjacent to an activating group) is 2. The Morgan fingerprint density at radius 1 is 1.38 bits per heavy atom. The molecule has 0 spiro atoms. The molecule has 0 bridgehead atoms. The summed E-state index contributed by atoms with van der Waals surface area (Å²) in [7, 11) is 0. The molecule has 0 aliphatic heterocycles. The van der Waals surface area contributed by atoms with E-state index in [4.69, 9.17) is 0 Å². The molecule has 3 nitrogen and oxygen atoms in total. The van der Waals surface area contributed by atoms with Crippen LogP contribution in [0.4, 0.5) is 0 Å². The average Bonchev–Trinajstić information content (AvgIpc) is 2.28. The van der Waals surface area contributed by atoms with Crippen LogP contribution in [0.15, 0.2) is 0 Å². The van der Waals surface area contributed by atoms with Crippen molar-refractivity contribution in [1.29, 1.82) is 5.26 Å². The largest absolute Gasteiger partial charge is 0.300 e. The van der Waals surface area contributed by atoms with E-state index in [0.717, 1.165) is 26.2 Å². The van der Waals surface area contributed by atoms with Crippen molar-refractivity contribution in [2.45, 2.75) is 46.6 Å². The van der Waals surface area contributed by atoms with Crippen LogP contribution in [0, 0.1) is 17.2 Å². The van der Waals surface area contributed by atoms with E-state index in [2.05, 4.69) is 37.1 Å². The van der Waals surface area contributed by atoms with E-state index in [-0.39, 0.29) is 0 Å². The Hall–Kier alpha value is -0.590. The standard InChI is InChI=1S/C13H27N3/c1-6-12(4)9-16(8-3)11-13(5,10-14)15-7-2/h12,15H,6-9,11H2,1-5H3. The SMILES string of the molecule is CCNC(C)(C#N)CN(CC)CC(C)CC. The van der Waals surface area contributed by atoms with Gasteiger partial charge >= 0.3 is 0 Å². The molecule has 94 valence electrons. The number of nitrogens with zero attached hydrogens (tertiary/aromatic N) is 2. The molecule has 2 unspecified atom stereocenters. The van der Waals surface area contributed by atoms with Crippen LogP contribution < -0.4 is 5.32 Å². The van der Waals surface area contributed by atoms with E-state index in [1.165, 1.54) is 6.42 Å². The molecule has 0 amide bonds. The van der Waals surface area contributed by atoms with E-state index >= 15 is 0 Å². The first-order chi connectivity index (χ1) is 7.51. The highest BCUT2D eigenvalue weighted by molar-refractivity contribution is 5.05. The van der Waals surface area contributed by atoms with Crippen molar-refractivity contribution in [3.05, 3.63) is 0 Å². The van der Waals surface area contributed by atoms with Crippen LogP contribution in [0.5, 0.6) is 0 Å². The minimum absolute atomic E-state index is 0.418. The van der Waals surface area contributed by atoms with Gasteiger partial charge in [-0.3, -0.25) is 5.32 Å². The van der Waals surface area contributed by atoms with E-state index in [1.807, 2.05) is 13.8 Å². The fraction of sp³-hybridized carbons (Fsp3) is 0.923. The fourth-order valence-corrected chi connectivity index (χ4v) is 1.84. The zero-order chi connectivity index (χ0) is 12.6. The van der Waals surface area contributed by atoms with E-state index < -0.39 is 5.54 Å². The van der Waals surface area contributed by atoms with Gasteiger partial charge in [0, 0.05) is 13.1 Å². The smallest absolute Gasteiger partial charge is 0.116 e. The molecule has 0 aromatic heterocycles. The lowest BCUT2D eigenvalue weighted by Gasteiger charge is -2.31. The van der Waals surface area contributed by atoms with Gasteiger partial charge in [-0.2, -0.15) is 5.26 Å². The zero-order valence-corrected chi connectivity index (χ0v) is 11.5. The van der Waals surface area contributed by atoms with Gasteiger partial charge in [-0.25, -0.2) is 0 Å². The Morgan fingerprint density at radius 3 is 2.38 bits per heavy atom. The van der Waals surface area contributed by atoms with Crippen molar-refractivity contribution in [3.63, 3.8) is 0 Å². The Morgan fingerprint density at radius 2 is 2.00 bits per heavy atom. The molecule has 0 aliphatic rings. The number of hydrogen-bond donors (Lipinski definition) is 1. The summed E-state index contributed by atoms with van der Waals surface area (Å²) in [5, 5.41) is 12.5. The summed E-state index contributed by atoms with van der Waals surface area (Å²) in [6.45, 7) is 14.4. The average molecular weight is 225 g/mol. The monoisotopic (exact) mass is 225 g/mol.